The largest absolute Gasteiger partial charge is 0.493 e. The zero-order valence-electron chi connectivity index (χ0n) is 15.4. The summed E-state index contributed by atoms with van der Waals surface area (Å²) in [4.78, 5) is 14.8. The predicted octanol–water partition coefficient (Wildman–Crippen LogP) is 3.09. The average molecular weight is 363 g/mol. The van der Waals surface area contributed by atoms with Gasteiger partial charge in [-0.1, -0.05) is 0 Å². The number of aromatic nitrogens is 2. The molecule has 0 unspecified atom stereocenters. The monoisotopic (exact) mass is 363 g/mol. The molecule has 6 nitrogen and oxygen atoms in total. The highest BCUT2D eigenvalue weighted by Crippen LogP contribution is 2.33. The molecule has 0 radical (unpaired) electrons. The smallest absolute Gasteiger partial charge is 0.254 e. The number of nitrogens with zero attached hydrogens (tertiary/aromatic N) is 3. The third kappa shape index (κ3) is 3.26. The Labute approximate surface area is 157 Å². The molecule has 0 saturated carbocycles. The van der Waals surface area contributed by atoms with Crippen LogP contribution in [0.5, 0.6) is 11.5 Å². The van der Waals surface area contributed by atoms with Gasteiger partial charge >= 0.3 is 0 Å². The van der Waals surface area contributed by atoms with Crippen LogP contribution in [0.4, 0.5) is 0 Å². The lowest BCUT2D eigenvalue weighted by Crippen LogP contribution is -2.36. The first kappa shape index (κ1) is 17.1. The lowest BCUT2D eigenvalue weighted by molar-refractivity contribution is 0.0734. The fraction of sp³-hybridized carbons (Fsp3) is 0.238. The van der Waals surface area contributed by atoms with Crippen LogP contribution in [0, 0.1) is 0 Å². The van der Waals surface area contributed by atoms with E-state index in [1.54, 1.807) is 25.1 Å². The maximum atomic E-state index is 12.9. The van der Waals surface area contributed by atoms with Crippen molar-refractivity contribution in [1.82, 2.24) is 14.7 Å². The van der Waals surface area contributed by atoms with Crippen LogP contribution in [0.3, 0.4) is 0 Å². The summed E-state index contributed by atoms with van der Waals surface area (Å²) in [5, 5.41) is 4.21. The minimum atomic E-state index is 0.0300. The van der Waals surface area contributed by atoms with E-state index in [-0.39, 0.29) is 5.91 Å². The van der Waals surface area contributed by atoms with Crippen molar-refractivity contribution in [3.63, 3.8) is 0 Å². The van der Waals surface area contributed by atoms with Gasteiger partial charge in [0.25, 0.3) is 5.91 Å². The number of ether oxygens (including phenoxy) is 2. The number of hydrogen-bond donors (Lipinski definition) is 0. The highest BCUT2D eigenvalue weighted by atomic mass is 16.5. The van der Waals surface area contributed by atoms with E-state index in [4.69, 9.17) is 9.47 Å². The Balaban J connectivity index is 1.54. The van der Waals surface area contributed by atoms with E-state index in [1.165, 1.54) is 5.56 Å². The molecule has 0 bridgehead atoms. The van der Waals surface area contributed by atoms with Crippen LogP contribution in [-0.4, -0.2) is 41.4 Å². The summed E-state index contributed by atoms with van der Waals surface area (Å²) in [6, 6.07) is 13.4. The van der Waals surface area contributed by atoms with Gasteiger partial charge in [-0.3, -0.25) is 4.79 Å². The molecule has 0 spiro atoms. The van der Waals surface area contributed by atoms with Gasteiger partial charge in [0.2, 0.25) is 0 Å². The second-order valence-corrected chi connectivity index (χ2v) is 6.45. The lowest BCUT2D eigenvalue weighted by Gasteiger charge is -2.29. The number of rotatable bonds is 4. The minimum absolute atomic E-state index is 0.0300. The molecule has 27 heavy (non-hydrogen) atoms. The quantitative estimate of drug-likeness (QED) is 0.715. The van der Waals surface area contributed by atoms with Gasteiger partial charge in [-0.2, -0.15) is 5.10 Å². The molecule has 4 rings (SSSR count). The van der Waals surface area contributed by atoms with E-state index >= 15 is 0 Å². The Hall–Kier alpha value is -3.28. The van der Waals surface area contributed by atoms with Crippen molar-refractivity contribution < 1.29 is 14.3 Å². The standard InChI is InChI=1S/C21H21N3O3/c1-26-19-12-16-8-11-23(14-17(16)13-20(19)27-2)21(25)15-4-6-18(7-5-15)24-10-3-9-22-24/h3-7,9-10,12-13H,8,11,14H2,1-2H3. The van der Waals surface area contributed by atoms with Crippen molar-refractivity contribution in [2.75, 3.05) is 20.8 Å². The summed E-state index contributed by atoms with van der Waals surface area (Å²) in [5.41, 5.74) is 3.90. The summed E-state index contributed by atoms with van der Waals surface area (Å²) in [6.07, 6.45) is 4.40. The van der Waals surface area contributed by atoms with Crippen molar-refractivity contribution in [3.05, 3.63) is 71.5 Å². The van der Waals surface area contributed by atoms with Gasteiger partial charge < -0.3 is 14.4 Å². The van der Waals surface area contributed by atoms with Gasteiger partial charge in [-0.25, -0.2) is 4.68 Å². The molecule has 1 aliphatic rings. The molecule has 2 aromatic carbocycles. The summed E-state index contributed by atoms with van der Waals surface area (Å²) in [5.74, 6) is 1.45. The second-order valence-electron chi connectivity index (χ2n) is 6.45. The Morgan fingerprint density at radius 3 is 2.37 bits per heavy atom. The van der Waals surface area contributed by atoms with Crippen LogP contribution in [0.15, 0.2) is 54.9 Å². The molecule has 6 heteroatoms. The summed E-state index contributed by atoms with van der Waals surface area (Å²) >= 11 is 0. The number of fused-ring (bicyclic) bond motifs is 1. The zero-order valence-corrected chi connectivity index (χ0v) is 15.4. The first-order chi connectivity index (χ1) is 13.2. The second kappa shape index (κ2) is 7.15. The molecule has 2 heterocycles. The molecule has 0 fully saturated rings. The van der Waals surface area contributed by atoms with Gasteiger partial charge in [0.15, 0.2) is 11.5 Å². The van der Waals surface area contributed by atoms with E-state index in [0.717, 1.165) is 23.4 Å². The molecule has 138 valence electrons. The fourth-order valence-corrected chi connectivity index (χ4v) is 3.42. The average Bonchev–Trinajstić information content (AvgIpc) is 3.26. The molecule has 0 saturated heterocycles. The van der Waals surface area contributed by atoms with Crippen LogP contribution >= 0.6 is 0 Å². The van der Waals surface area contributed by atoms with E-state index in [1.807, 2.05) is 53.6 Å². The number of methoxy groups -OCH3 is 2. The molecule has 0 aliphatic carbocycles. The fourth-order valence-electron chi connectivity index (χ4n) is 3.42. The number of hydrogen-bond acceptors (Lipinski definition) is 4. The van der Waals surface area contributed by atoms with Gasteiger partial charge in [-0.15, -0.1) is 0 Å². The molecule has 3 aromatic rings. The van der Waals surface area contributed by atoms with E-state index in [9.17, 15) is 4.79 Å². The summed E-state index contributed by atoms with van der Waals surface area (Å²) in [6.45, 7) is 1.25. The maximum Gasteiger partial charge on any atom is 0.254 e. The normalized spacial score (nSPS) is 13.2. The topological polar surface area (TPSA) is 56.6 Å². The van der Waals surface area contributed by atoms with Gasteiger partial charge in [0.1, 0.15) is 0 Å². The minimum Gasteiger partial charge on any atom is -0.493 e. The summed E-state index contributed by atoms with van der Waals surface area (Å²) < 4.78 is 12.5. The van der Waals surface area contributed by atoms with Crippen LogP contribution in [-0.2, 0) is 13.0 Å². The maximum absolute atomic E-state index is 12.9. The van der Waals surface area contributed by atoms with Gasteiger partial charge in [0.05, 0.1) is 19.9 Å². The van der Waals surface area contributed by atoms with Crippen molar-refractivity contribution >= 4 is 5.91 Å². The number of benzene rings is 2. The van der Waals surface area contributed by atoms with E-state index in [0.29, 0.717) is 24.4 Å². The van der Waals surface area contributed by atoms with Crippen LogP contribution in [0.25, 0.3) is 5.69 Å². The third-order valence-electron chi connectivity index (χ3n) is 4.89. The van der Waals surface area contributed by atoms with Crippen molar-refractivity contribution in [1.29, 1.82) is 0 Å². The zero-order chi connectivity index (χ0) is 18.8. The molecule has 1 amide bonds. The Kier molecular flexibility index (Phi) is 4.54. The Morgan fingerprint density at radius 2 is 1.74 bits per heavy atom. The first-order valence-corrected chi connectivity index (χ1v) is 8.82. The molecule has 0 atom stereocenters. The van der Waals surface area contributed by atoms with E-state index in [2.05, 4.69) is 5.10 Å². The molecular formula is C21H21N3O3. The Morgan fingerprint density at radius 1 is 1.04 bits per heavy atom. The Bertz CT molecular complexity index is 950. The lowest BCUT2D eigenvalue weighted by atomic mass is 9.98. The van der Waals surface area contributed by atoms with Crippen LogP contribution in [0.2, 0.25) is 0 Å². The van der Waals surface area contributed by atoms with E-state index < -0.39 is 0 Å². The van der Waals surface area contributed by atoms with Crippen molar-refractivity contribution in [2.45, 2.75) is 13.0 Å². The first-order valence-electron chi connectivity index (χ1n) is 8.82. The molecular weight excluding hydrogens is 342 g/mol. The molecule has 1 aliphatic heterocycles. The van der Waals surface area contributed by atoms with Crippen LogP contribution in [0.1, 0.15) is 21.5 Å². The summed E-state index contributed by atoms with van der Waals surface area (Å²) in [7, 11) is 3.26. The molecule has 1 aromatic heterocycles. The highest BCUT2D eigenvalue weighted by Gasteiger charge is 2.23. The highest BCUT2D eigenvalue weighted by molar-refractivity contribution is 5.94. The number of carbonyl (C=O) groups excluding carboxylic acids is 1. The van der Waals surface area contributed by atoms with Crippen molar-refractivity contribution in [3.8, 4) is 17.2 Å². The molecule has 0 N–H and O–H groups in total. The number of carbonyl (C=O) groups is 1. The van der Waals surface area contributed by atoms with Gasteiger partial charge in [0, 0.05) is 31.0 Å². The third-order valence-corrected chi connectivity index (χ3v) is 4.89. The predicted molar refractivity (Wildman–Crippen MR) is 102 cm³/mol. The SMILES string of the molecule is COc1cc2c(cc1OC)CN(C(=O)c1ccc(-n3cccn3)cc1)CC2. The van der Waals surface area contributed by atoms with Gasteiger partial charge in [-0.05, 0) is 60.0 Å². The van der Waals surface area contributed by atoms with Crippen molar-refractivity contribution in [2.24, 2.45) is 0 Å². The van der Waals surface area contributed by atoms with Crippen LogP contribution < -0.4 is 9.47 Å². The number of amides is 1.